The zero-order valence-electron chi connectivity index (χ0n) is 16.3. The van der Waals surface area contributed by atoms with Gasteiger partial charge in [0.2, 0.25) is 5.95 Å². The number of halogens is 1. The highest BCUT2D eigenvalue weighted by Crippen LogP contribution is 2.38. The van der Waals surface area contributed by atoms with Gasteiger partial charge in [0.25, 0.3) is 0 Å². The number of rotatable bonds is 6. The zero-order chi connectivity index (χ0) is 21.1. The van der Waals surface area contributed by atoms with Gasteiger partial charge >= 0.3 is 0 Å². The maximum Gasteiger partial charge on any atom is 0.222 e. The summed E-state index contributed by atoms with van der Waals surface area (Å²) in [5.74, 6) is 1.07. The van der Waals surface area contributed by atoms with E-state index in [1.807, 2.05) is 23.6 Å². The topological polar surface area (TPSA) is 115 Å². The van der Waals surface area contributed by atoms with Gasteiger partial charge in [-0.3, -0.25) is 0 Å². The molecule has 30 heavy (non-hydrogen) atoms. The van der Waals surface area contributed by atoms with Crippen molar-refractivity contribution in [2.75, 3.05) is 24.3 Å². The Morgan fingerprint density at radius 1 is 1.33 bits per heavy atom. The quantitative estimate of drug-likeness (QED) is 0.523. The molecule has 158 valence electrons. The zero-order valence-corrected chi connectivity index (χ0v) is 17.9. The summed E-state index contributed by atoms with van der Waals surface area (Å²) >= 11 is 7.63. The van der Waals surface area contributed by atoms with Crippen molar-refractivity contribution in [2.45, 2.75) is 31.5 Å². The van der Waals surface area contributed by atoms with Crippen LogP contribution in [0.2, 0.25) is 5.02 Å². The number of aromatic nitrogens is 3. The Kier molecular flexibility index (Phi) is 6.05. The van der Waals surface area contributed by atoms with E-state index in [0.717, 1.165) is 12.8 Å². The summed E-state index contributed by atoms with van der Waals surface area (Å²) in [5, 5.41) is 17.1. The largest absolute Gasteiger partial charge is 0.488 e. The summed E-state index contributed by atoms with van der Waals surface area (Å²) in [7, 11) is 0. The molecule has 1 atom stereocenters. The van der Waals surface area contributed by atoms with Crippen LogP contribution in [-0.4, -0.2) is 39.4 Å². The van der Waals surface area contributed by atoms with Crippen LogP contribution >= 0.6 is 22.9 Å². The molecule has 3 heterocycles. The SMILES string of the molecule is CC(O)(c1ccc(OC2CCOCC2)c(Nc2nc(N)ncc2Cl)c1)c1nccs1. The standard InChI is InChI=1S/C20H22ClN5O3S/c1-20(27,18-23-6-9-30-18)12-2-3-16(29-13-4-7-28-8-5-13)15(10-12)25-17-14(21)11-24-19(22)26-17/h2-3,6,9-11,13,27H,4-5,7-8H2,1H3,(H3,22,24,25,26). The number of nitrogens with two attached hydrogens (primary N) is 1. The molecule has 4 N–H and O–H groups in total. The summed E-state index contributed by atoms with van der Waals surface area (Å²) in [6.45, 7) is 3.04. The van der Waals surface area contributed by atoms with Gasteiger partial charge in [-0.05, 0) is 24.6 Å². The highest BCUT2D eigenvalue weighted by atomic mass is 35.5. The minimum absolute atomic E-state index is 0.0376. The fraction of sp³-hybridized carbons (Fsp3) is 0.350. The van der Waals surface area contributed by atoms with E-state index in [1.54, 1.807) is 13.1 Å². The van der Waals surface area contributed by atoms with Gasteiger partial charge in [-0.2, -0.15) is 4.98 Å². The Morgan fingerprint density at radius 2 is 2.13 bits per heavy atom. The normalized spacial score (nSPS) is 16.8. The molecule has 0 saturated carbocycles. The predicted molar refractivity (Wildman–Crippen MR) is 116 cm³/mol. The number of anilines is 3. The molecule has 1 aromatic carbocycles. The highest BCUT2D eigenvalue weighted by Gasteiger charge is 2.30. The Labute approximate surface area is 183 Å². The van der Waals surface area contributed by atoms with Gasteiger partial charge in [0, 0.05) is 24.4 Å². The van der Waals surface area contributed by atoms with E-state index in [1.165, 1.54) is 17.5 Å². The molecule has 8 nitrogen and oxygen atoms in total. The lowest BCUT2D eigenvalue weighted by molar-refractivity contribution is 0.0258. The first-order valence-electron chi connectivity index (χ1n) is 9.50. The van der Waals surface area contributed by atoms with Gasteiger partial charge in [-0.25, -0.2) is 9.97 Å². The van der Waals surface area contributed by atoms with Gasteiger partial charge in [0.15, 0.2) is 5.82 Å². The number of aliphatic hydroxyl groups is 1. The molecular weight excluding hydrogens is 426 g/mol. The molecular formula is C20H22ClN5O3S. The fourth-order valence-electron chi connectivity index (χ4n) is 3.19. The molecule has 0 radical (unpaired) electrons. The summed E-state index contributed by atoms with van der Waals surface area (Å²) in [4.78, 5) is 12.3. The Bertz CT molecular complexity index is 1010. The molecule has 10 heteroatoms. The highest BCUT2D eigenvalue weighted by molar-refractivity contribution is 7.09. The van der Waals surface area contributed by atoms with E-state index < -0.39 is 5.60 Å². The second kappa shape index (κ2) is 8.73. The third kappa shape index (κ3) is 4.49. The van der Waals surface area contributed by atoms with Gasteiger partial charge in [0.1, 0.15) is 27.5 Å². The maximum absolute atomic E-state index is 11.1. The van der Waals surface area contributed by atoms with Crippen molar-refractivity contribution < 1.29 is 14.6 Å². The van der Waals surface area contributed by atoms with E-state index in [4.69, 9.17) is 26.8 Å². The van der Waals surface area contributed by atoms with Crippen molar-refractivity contribution in [2.24, 2.45) is 0 Å². The van der Waals surface area contributed by atoms with Crippen LogP contribution in [0.25, 0.3) is 0 Å². The first-order valence-corrected chi connectivity index (χ1v) is 10.8. The van der Waals surface area contributed by atoms with Crippen LogP contribution in [0.5, 0.6) is 5.75 Å². The van der Waals surface area contributed by atoms with E-state index in [9.17, 15) is 5.11 Å². The molecule has 2 aromatic heterocycles. The predicted octanol–water partition coefficient (Wildman–Crippen LogP) is 3.73. The van der Waals surface area contributed by atoms with E-state index in [-0.39, 0.29) is 12.1 Å². The smallest absolute Gasteiger partial charge is 0.222 e. The molecule has 1 aliphatic rings. The third-order valence-corrected chi connectivity index (χ3v) is 6.13. The molecule has 0 amide bonds. The average molecular weight is 448 g/mol. The number of nitrogens with one attached hydrogen (secondary N) is 1. The van der Waals surface area contributed by atoms with Crippen molar-refractivity contribution in [1.82, 2.24) is 15.0 Å². The van der Waals surface area contributed by atoms with Crippen molar-refractivity contribution in [3.8, 4) is 5.75 Å². The van der Waals surface area contributed by atoms with Crippen LogP contribution in [0, 0.1) is 0 Å². The van der Waals surface area contributed by atoms with E-state index >= 15 is 0 Å². The van der Waals surface area contributed by atoms with Crippen LogP contribution in [0.4, 0.5) is 17.5 Å². The molecule has 3 aromatic rings. The second-order valence-corrected chi connectivity index (χ2v) is 8.40. The van der Waals surface area contributed by atoms with Crippen LogP contribution in [0.3, 0.4) is 0 Å². The number of thiazole rings is 1. The van der Waals surface area contributed by atoms with Crippen molar-refractivity contribution in [1.29, 1.82) is 0 Å². The lowest BCUT2D eigenvalue weighted by Crippen LogP contribution is -2.26. The molecule has 1 unspecified atom stereocenters. The van der Waals surface area contributed by atoms with Gasteiger partial charge in [0.05, 0.1) is 25.1 Å². The monoisotopic (exact) mass is 447 g/mol. The van der Waals surface area contributed by atoms with Crippen molar-refractivity contribution in [3.63, 3.8) is 0 Å². The molecule has 1 fully saturated rings. The Balaban J connectivity index is 1.71. The molecule has 0 aliphatic carbocycles. The van der Waals surface area contributed by atoms with Crippen LogP contribution in [0.15, 0.2) is 36.0 Å². The summed E-state index contributed by atoms with van der Waals surface area (Å²) < 4.78 is 11.6. The molecule has 1 saturated heterocycles. The molecule has 0 bridgehead atoms. The first kappa shape index (κ1) is 20.8. The second-order valence-electron chi connectivity index (χ2n) is 7.10. The summed E-state index contributed by atoms with van der Waals surface area (Å²) in [6, 6.07) is 5.47. The lowest BCUT2D eigenvalue weighted by Gasteiger charge is -2.27. The molecule has 1 aliphatic heterocycles. The molecule has 4 rings (SSSR count). The number of hydrogen-bond acceptors (Lipinski definition) is 9. The number of nitrogens with zero attached hydrogens (tertiary/aromatic N) is 3. The third-order valence-electron chi connectivity index (χ3n) is 4.87. The number of nitrogen functional groups attached to an aromatic ring is 1. The average Bonchev–Trinajstić information content (AvgIpc) is 3.28. The molecule has 0 spiro atoms. The number of benzene rings is 1. The van der Waals surface area contributed by atoms with Gasteiger partial charge in [-0.1, -0.05) is 17.7 Å². The first-order chi connectivity index (χ1) is 14.4. The minimum atomic E-state index is -1.27. The van der Waals surface area contributed by atoms with E-state index in [0.29, 0.717) is 46.1 Å². The van der Waals surface area contributed by atoms with Crippen molar-refractivity contribution in [3.05, 3.63) is 51.6 Å². The van der Waals surface area contributed by atoms with Crippen LogP contribution < -0.4 is 15.8 Å². The minimum Gasteiger partial charge on any atom is -0.488 e. The van der Waals surface area contributed by atoms with E-state index in [2.05, 4.69) is 20.3 Å². The Hall–Kier alpha value is -2.46. The lowest BCUT2D eigenvalue weighted by atomic mass is 9.96. The Morgan fingerprint density at radius 3 is 2.87 bits per heavy atom. The fourth-order valence-corrected chi connectivity index (χ4v) is 4.05. The van der Waals surface area contributed by atoms with Gasteiger partial charge in [-0.15, -0.1) is 11.3 Å². The number of hydrogen-bond donors (Lipinski definition) is 3. The van der Waals surface area contributed by atoms with Crippen LogP contribution in [-0.2, 0) is 10.3 Å². The summed E-state index contributed by atoms with van der Waals surface area (Å²) in [6.07, 6.45) is 4.74. The number of ether oxygens (including phenoxy) is 2. The van der Waals surface area contributed by atoms with Crippen molar-refractivity contribution >= 4 is 40.4 Å². The van der Waals surface area contributed by atoms with Gasteiger partial charge < -0.3 is 25.6 Å². The maximum atomic E-state index is 11.1. The van der Waals surface area contributed by atoms with Crippen LogP contribution in [0.1, 0.15) is 30.3 Å². The summed E-state index contributed by atoms with van der Waals surface area (Å²) in [5.41, 5.74) is 5.71.